The maximum Gasteiger partial charge on any atom is 0.308 e. The van der Waals surface area contributed by atoms with Crippen molar-refractivity contribution < 1.29 is 9.53 Å². The van der Waals surface area contributed by atoms with E-state index < -0.39 is 0 Å². The molecule has 1 aliphatic rings. The minimum Gasteiger partial charge on any atom is -0.469 e. The van der Waals surface area contributed by atoms with Crippen molar-refractivity contribution in [1.29, 1.82) is 0 Å². The number of methoxy groups -OCH3 is 1. The summed E-state index contributed by atoms with van der Waals surface area (Å²) in [6.45, 7) is 0. The fourth-order valence-corrected chi connectivity index (χ4v) is 4.12. The molecular weight excluding hydrogens is 441 g/mol. The van der Waals surface area contributed by atoms with Gasteiger partial charge in [-0.05, 0) is 37.8 Å². The third-order valence-electron chi connectivity index (χ3n) is 5.31. The van der Waals surface area contributed by atoms with E-state index >= 15 is 0 Å². The second-order valence-corrected chi connectivity index (χ2v) is 8.16. The molecule has 0 bridgehead atoms. The molecule has 0 spiro atoms. The van der Waals surface area contributed by atoms with Crippen LogP contribution in [-0.2, 0) is 9.53 Å². The number of hydrogen-bond donors (Lipinski definition) is 3. The van der Waals surface area contributed by atoms with Gasteiger partial charge in [0.15, 0.2) is 5.82 Å². The van der Waals surface area contributed by atoms with Crippen LogP contribution in [0, 0.1) is 5.92 Å². The molecule has 2 aromatic heterocycles. The fourth-order valence-electron chi connectivity index (χ4n) is 3.63. The summed E-state index contributed by atoms with van der Waals surface area (Å²) in [5.74, 6) is 0.779. The van der Waals surface area contributed by atoms with E-state index in [1.165, 1.54) is 13.4 Å². The molecule has 1 aromatic carbocycles. The van der Waals surface area contributed by atoms with Gasteiger partial charge >= 0.3 is 5.97 Å². The van der Waals surface area contributed by atoms with Crippen LogP contribution in [0.2, 0.25) is 10.0 Å². The Hall–Kier alpha value is -2.91. The SMILES string of the molecule is COC(=O)C1CCC(Nc2ncc3ncnc(Nc4cc(Cl)c(N)c(Cl)c4)c3n2)CC1. The van der Waals surface area contributed by atoms with Gasteiger partial charge in [-0.25, -0.2) is 19.9 Å². The van der Waals surface area contributed by atoms with Gasteiger partial charge in [-0.1, -0.05) is 23.2 Å². The van der Waals surface area contributed by atoms with Crippen molar-refractivity contribution in [2.75, 3.05) is 23.5 Å². The molecule has 9 nitrogen and oxygen atoms in total. The molecule has 4 rings (SSSR count). The van der Waals surface area contributed by atoms with Gasteiger partial charge in [-0.3, -0.25) is 4.79 Å². The molecule has 4 N–H and O–H groups in total. The van der Waals surface area contributed by atoms with Crippen molar-refractivity contribution in [3.05, 3.63) is 34.7 Å². The fraction of sp³-hybridized carbons (Fsp3) is 0.350. The topological polar surface area (TPSA) is 128 Å². The monoisotopic (exact) mass is 461 g/mol. The number of esters is 1. The lowest BCUT2D eigenvalue weighted by molar-refractivity contribution is -0.146. The Morgan fingerprint density at radius 1 is 1.13 bits per heavy atom. The number of carbonyl (C=O) groups excluding carboxylic acids is 1. The van der Waals surface area contributed by atoms with Crippen LogP contribution >= 0.6 is 23.2 Å². The van der Waals surface area contributed by atoms with Crippen molar-refractivity contribution in [3.8, 4) is 0 Å². The molecule has 0 aliphatic heterocycles. The number of carbonyl (C=O) groups is 1. The van der Waals surface area contributed by atoms with Gasteiger partial charge in [0, 0.05) is 11.7 Å². The Kier molecular flexibility index (Phi) is 6.24. The Bertz CT molecular complexity index is 1100. The number of aromatic nitrogens is 4. The molecule has 0 radical (unpaired) electrons. The summed E-state index contributed by atoms with van der Waals surface area (Å²) in [6.07, 6.45) is 6.27. The van der Waals surface area contributed by atoms with E-state index in [1.807, 2.05) is 0 Å². The van der Waals surface area contributed by atoms with E-state index in [0.29, 0.717) is 44.2 Å². The molecule has 0 amide bonds. The molecule has 1 saturated carbocycles. The zero-order valence-electron chi connectivity index (χ0n) is 16.7. The second kappa shape index (κ2) is 9.07. The summed E-state index contributed by atoms with van der Waals surface area (Å²) in [5.41, 5.74) is 7.88. The summed E-state index contributed by atoms with van der Waals surface area (Å²) in [6, 6.07) is 3.50. The normalized spacial score (nSPS) is 18.5. The van der Waals surface area contributed by atoms with Crippen LogP contribution in [0.4, 0.5) is 23.1 Å². The highest BCUT2D eigenvalue weighted by atomic mass is 35.5. The number of anilines is 4. The maximum absolute atomic E-state index is 11.7. The summed E-state index contributed by atoms with van der Waals surface area (Å²) in [5, 5.41) is 7.20. The standard InChI is InChI=1S/C20H21Cl2N7O2/c1-31-19(30)10-2-4-11(5-3-10)28-20-24-8-15-17(29-20)18(26-9-25-15)27-12-6-13(21)16(23)14(22)7-12/h6-11H,2-5,23H2,1H3,(H,24,28,29)(H,25,26,27). The van der Waals surface area contributed by atoms with E-state index in [2.05, 4.69) is 30.6 Å². The predicted molar refractivity (Wildman–Crippen MR) is 121 cm³/mol. The first-order valence-electron chi connectivity index (χ1n) is 9.78. The van der Waals surface area contributed by atoms with Gasteiger partial charge in [-0.2, -0.15) is 0 Å². The van der Waals surface area contributed by atoms with Gasteiger partial charge in [0.1, 0.15) is 17.4 Å². The quantitative estimate of drug-likeness (QED) is 0.378. The highest BCUT2D eigenvalue weighted by Crippen LogP contribution is 2.33. The molecule has 0 saturated heterocycles. The number of rotatable bonds is 5. The van der Waals surface area contributed by atoms with Gasteiger partial charge in [0.05, 0.1) is 35.0 Å². The molecule has 1 aliphatic carbocycles. The summed E-state index contributed by atoms with van der Waals surface area (Å²) < 4.78 is 4.85. The van der Waals surface area contributed by atoms with Crippen LogP contribution in [-0.4, -0.2) is 39.1 Å². The van der Waals surface area contributed by atoms with Gasteiger partial charge in [0.25, 0.3) is 0 Å². The van der Waals surface area contributed by atoms with Crippen LogP contribution in [0.3, 0.4) is 0 Å². The maximum atomic E-state index is 11.7. The number of nitrogens with one attached hydrogen (secondary N) is 2. The zero-order chi connectivity index (χ0) is 22.0. The van der Waals surface area contributed by atoms with E-state index in [9.17, 15) is 4.79 Å². The summed E-state index contributed by atoms with van der Waals surface area (Å²) in [7, 11) is 1.43. The molecule has 162 valence electrons. The molecule has 3 aromatic rings. The first-order valence-corrected chi connectivity index (χ1v) is 10.5. The number of nitrogens with two attached hydrogens (primary N) is 1. The lowest BCUT2D eigenvalue weighted by atomic mass is 9.86. The van der Waals surface area contributed by atoms with E-state index in [0.717, 1.165) is 25.7 Å². The average molecular weight is 462 g/mol. The number of benzene rings is 1. The Labute approximate surface area is 188 Å². The second-order valence-electron chi connectivity index (χ2n) is 7.34. The smallest absolute Gasteiger partial charge is 0.308 e. The number of hydrogen-bond acceptors (Lipinski definition) is 9. The third kappa shape index (κ3) is 4.72. The Morgan fingerprint density at radius 2 is 1.84 bits per heavy atom. The largest absolute Gasteiger partial charge is 0.469 e. The highest BCUT2D eigenvalue weighted by molar-refractivity contribution is 6.39. The lowest BCUT2D eigenvalue weighted by Gasteiger charge is -2.27. The number of fused-ring (bicyclic) bond motifs is 1. The van der Waals surface area contributed by atoms with Crippen LogP contribution in [0.15, 0.2) is 24.7 Å². The Morgan fingerprint density at radius 3 is 2.52 bits per heavy atom. The van der Waals surface area contributed by atoms with Crippen molar-refractivity contribution >= 4 is 63.3 Å². The lowest BCUT2D eigenvalue weighted by Crippen LogP contribution is -2.30. The first-order chi connectivity index (χ1) is 14.9. The van der Waals surface area contributed by atoms with Crippen molar-refractivity contribution in [2.45, 2.75) is 31.7 Å². The molecule has 11 heteroatoms. The van der Waals surface area contributed by atoms with Crippen LogP contribution in [0.25, 0.3) is 11.0 Å². The van der Waals surface area contributed by atoms with E-state index in [-0.39, 0.29) is 17.9 Å². The number of nitrogen functional groups attached to an aromatic ring is 1. The average Bonchev–Trinajstić information content (AvgIpc) is 2.78. The predicted octanol–water partition coefficient (Wildman–Crippen LogP) is 4.20. The van der Waals surface area contributed by atoms with Crippen LogP contribution < -0.4 is 16.4 Å². The number of nitrogens with zero attached hydrogens (tertiary/aromatic N) is 4. The minimum absolute atomic E-state index is 0.0386. The minimum atomic E-state index is -0.142. The van der Waals surface area contributed by atoms with Crippen molar-refractivity contribution in [3.63, 3.8) is 0 Å². The highest BCUT2D eigenvalue weighted by Gasteiger charge is 2.27. The summed E-state index contributed by atoms with van der Waals surface area (Å²) in [4.78, 5) is 29.2. The molecule has 0 atom stereocenters. The third-order valence-corrected chi connectivity index (χ3v) is 5.94. The number of halogens is 2. The zero-order valence-corrected chi connectivity index (χ0v) is 18.2. The van der Waals surface area contributed by atoms with Crippen molar-refractivity contribution in [1.82, 2.24) is 19.9 Å². The first kappa shape index (κ1) is 21.3. The van der Waals surface area contributed by atoms with Crippen molar-refractivity contribution in [2.24, 2.45) is 5.92 Å². The number of ether oxygens (including phenoxy) is 1. The van der Waals surface area contributed by atoms with Crippen LogP contribution in [0.1, 0.15) is 25.7 Å². The van der Waals surface area contributed by atoms with E-state index in [1.54, 1.807) is 18.3 Å². The van der Waals surface area contributed by atoms with E-state index in [4.69, 9.17) is 33.7 Å². The van der Waals surface area contributed by atoms with Gasteiger partial charge < -0.3 is 21.1 Å². The van der Waals surface area contributed by atoms with Crippen LogP contribution in [0.5, 0.6) is 0 Å². The molecule has 2 heterocycles. The summed E-state index contributed by atoms with van der Waals surface area (Å²) >= 11 is 12.3. The molecule has 0 unspecified atom stereocenters. The molecule has 1 fully saturated rings. The van der Waals surface area contributed by atoms with Gasteiger partial charge in [-0.15, -0.1) is 0 Å². The van der Waals surface area contributed by atoms with Gasteiger partial charge in [0.2, 0.25) is 5.95 Å². The Balaban J connectivity index is 1.53. The molecule has 31 heavy (non-hydrogen) atoms. The molecular formula is C20H21Cl2N7O2.